The Morgan fingerprint density at radius 3 is 2.61 bits per heavy atom. The highest BCUT2D eigenvalue weighted by Crippen LogP contribution is 2.22. The van der Waals surface area contributed by atoms with Crippen LogP contribution in [0.5, 0.6) is 0 Å². The van der Waals surface area contributed by atoms with E-state index in [9.17, 15) is 4.39 Å². The minimum absolute atomic E-state index is 0.0548. The van der Waals surface area contributed by atoms with E-state index in [1.807, 2.05) is 25.2 Å². The first kappa shape index (κ1) is 13.0. The van der Waals surface area contributed by atoms with Crippen LogP contribution in [0, 0.1) is 5.82 Å². The van der Waals surface area contributed by atoms with Gasteiger partial charge in [-0.3, -0.25) is 4.98 Å². The lowest BCUT2D eigenvalue weighted by atomic mass is 9.99. The van der Waals surface area contributed by atoms with Crippen LogP contribution < -0.4 is 5.32 Å². The zero-order valence-electron chi connectivity index (χ0n) is 10.0. The first-order valence-electron chi connectivity index (χ1n) is 5.72. The molecule has 2 nitrogen and oxygen atoms in total. The molecule has 0 aliphatic heterocycles. The standard InChI is InChI=1S/C14H14ClFN2/c1-17-14(8-10-4-6-18-7-5-10)11-2-3-12(15)13(16)9-11/h2-7,9,14,17H,8H2,1H3. The van der Waals surface area contributed by atoms with Crippen molar-refractivity contribution in [2.75, 3.05) is 7.05 Å². The topological polar surface area (TPSA) is 24.9 Å². The van der Waals surface area contributed by atoms with Crippen molar-refractivity contribution in [3.63, 3.8) is 0 Å². The molecule has 0 amide bonds. The van der Waals surface area contributed by atoms with E-state index in [0.29, 0.717) is 0 Å². The molecule has 1 atom stereocenters. The van der Waals surface area contributed by atoms with Gasteiger partial charge in [0.15, 0.2) is 0 Å². The first-order chi connectivity index (χ1) is 8.70. The molecule has 0 saturated carbocycles. The molecule has 0 aliphatic rings. The van der Waals surface area contributed by atoms with Crippen LogP contribution in [0.4, 0.5) is 4.39 Å². The number of hydrogen-bond acceptors (Lipinski definition) is 2. The maximum atomic E-state index is 13.4. The highest BCUT2D eigenvalue weighted by atomic mass is 35.5. The van der Waals surface area contributed by atoms with E-state index in [4.69, 9.17) is 11.6 Å². The van der Waals surface area contributed by atoms with Crippen molar-refractivity contribution < 1.29 is 4.39 Å². The van der Waals surface area contributed by atoms with E-state index in [0.717, 1.165) is 17.5 Å². The van der Waals surface area contributed by atoms with Gasteiger partial charge in [-0.2, -0.15) is 0 Å². The maximum Gasteiger partial charge on any atom is 0.142 e. The van der Waals surface area contributed by atoms with Crippen LogP contribution >= 0.6 is 11.6 Å². The number of aromatic nitrogens is 1. The van der Waals surface area contributed by atoms with Crippen molar-refractivity contribution in [3.05, 3.63) is 64.7 Å². The van der Waals surface area contributed by atoms with Gasteiger partial charge < -0.3 is 5.32 Å². The van der Waals surface area contributed by atoms with Crippen LogP contribution in [0.15, 0.2) is 42.7 Å². The molecule has 18 heavy (non-hydrogen) atoms. The van der Waals surface area contributed by atoms with E-state index < -0.39 is 0 Å². The van der Waals surface area contributed by atoms with E-state index >= 15 is 0 Å². The van der Waals surface area contributed by atoms with Crippen molar-refractivity contribution in [2.24, 2.45) is 0 Å². The van der Waals surface area contributed by atoms with Gasteiger partial charge in [0.1, 0.15) is 5.82 Å². The summed E-state index contributed by atoms with van der Waals surface area (Å²) in [5.41, 5.74) is 2.04. The first-order valence-corrected chi connectivity index (χ1v) is 6.09. The molecule has 0 fully saturated rings. The fourth-order valence-corrected chi connectivity index (χ4v) is 1.99. The molecular formula is C14H14ClFN2. The lowest BCUT2D eigenvalue weighted by Crippen LogP contribution is -2.19. The summed E-state index contributed by atoms with van der Waals surface area (Å²) in [5, 5.41) is 3.33. The van der Waals surface area contributed by atoms with E-state index in [1.54, 1.807) is 18.5 Å². The monoisotopic (exact) mass is 264 g/mol. The van der Waals surface area contributed by atoms with Crippen molar-refractivity contribution in [2.45, 2.75) is 12.5 Å². The molecule has 4 heteroatoms. The normalized spacial score (nSPS) is 12.4. The van der Waals surface area contributed by atoms with Gasteiger partial charge in [0, 0.05) is 18.4 Å². The average Bonchev–Trinajstić information content (AvgIpc) is 2.40. The van der Waals surface area contributed by atoms with E-state index in [-0.39, 0.29) is 16.9 Å². The second kappa shape index (κ2) is 5.94. The van der Waals surface area contributed by atoms with Crippen LogP contribution in [0.2, 0.25) is 5.02 Å². The summed E-state index contributed by atoms with van der Waals surface area (Å²) in [5.74, 6) is -0.385. The fraction of sp³-hybridized carbons (Fsp3) is 0.214. The summed E-state index contributed by atoms with van der Waals surface area (Å²) < 4.78 is 13.4. The molecule has 1 unspecified atom stereocenters. The third-order valence-electron chi connectivity index (χ3n) is 2.88. The minimum Gasteiger partial charge on any atom is -0.313 e. The number of nitrogens with zero attached hydrogens (tertiary/aromatic N) is 1. The van der Waals surface area contributed by atoms with Crippen LogP contribution in [0.25, 0.3) is 0 Å². The maximum absolute atomic E-state index is 13.4. The molecule has 2 rings (SSSR count). The molecule has 0 saturated heterocycles. The number of nitrogens with one attached hydrogen (secondary N) is 1. The number of pyridine rings is 1. The SMILES string of the molecule is CNC(Cc1ccncc1)c1ccc(Cl)c(F)c1. The Morgan fingerprint density at radius 2 is 2.00 bits per heavy atom. The predicted molar refractivity (Wildman–Crippen MR) is 71.2 cm³/mol. The number of benzene rings is 1. The van der Waals surface area contributed by atoms with Crippen LogP contribution in [0.1, 0.15) is 17.2 Å². The van der Waals surface area contributed by atoms with Crippen LogP contribution in [0.3, 0.4) is 0 Å². The zero-order valence-corrected chi connectivity index (χ0v) is 10.8. The summed E-state index contributed by atoms with van der Waals surface area (Å²) in [6.07, 6.45) is 4.29. The summed E-state index contributed by atoms with van der Waals surface area (Å²) in [4.78, 5) is 3.98. The van der Waals surface area contributed by atoms with Gasteiger partial charge in [-0.05, 0) is 48.9 Å². The Hall–Kier alpha value is -1.45. The third kappa shape index (κ3) is 3.06. The molecule has 2 aromatic rings. The molecule has 0 radical (unpaired) electrons. The second-order valence-corrected chi connectivity index (χ2v) is 4.48. The zero-order chi connectivity index (χ0) is 13.0. The lowest BCUT2D eigenvalue weighted by Gasteiger charge is -2.17. The van der Waals surface area contributed by atoms with Crippen LogP contribution in [-0.4, -0.2) is 12.0 Å². The summed E-state index contributed by atoms with van der Waals surface area (Å²) >= 11 is 5.69. The number of rotatable bonds is 4. The fourth-order valence-electron chi connectivity index (χ4n) is 1.87. The highest BCUT2D eigenvalue weighted by Gasteiger charge is 2.12. The predicted octanol–water partition coefficient (Wildman–Crippen LogP) is 3.38. The Morgan fingerprint density at radius 1 is 1.28 bits per heavy atom. The number of halogens is 2. The second-order valence-electron chi connectivity index (χ2n) is 4.07. The Kier molecular flexibility index (Phi) is 4.28. The van der Waals surface area contributed by atoms with Crippen LogP contribution in [-0.2, 0) is 6.42 Å². The lowest BCUT2D eigenvalue weighted by molar-refractivity contribution is 0.577. The van der Waals surface area contributed by atoms with Gasteiger partial charge in [0.05, 0.1) is 5.02 Å². The molecule has 0 bridgehead atoms. The summed E-state index contributed by atoms with van der Waals surface area (Å²) in [7, 11) is 1.86. The molecular weight excluding hydrogens is 251 g/mol. The molecule has 94 valence electrons. The molecule has 0 spiro atoms. The van der Waals surface area contributed by atoms with Gasteiger partial charge in [0.25, 0.3) is 0 Å². The van der Waals surface area contributed by atoms with E-state index in [2.05, 4.69) is 10.3 Å². The van der Waals surface area contributed by atoms with Gasteiger partial charge in [0.2, 0.25) is 0 Å². The van der Waals surface area contributed by atoms with Gasteiger partial charge in [-0.15, -0.1) is 0 Å². The molecule has 1 aromatic heterocycles. The summed E-state index contributed by atoms with van der Waals surface area (Å²) in [6, 6.07) is 8.87. The van der Waals surface area contributed by atoms with Gasteiger partial charge in [-0.25, -0.2) is 4.39 Å². The van der Waals surface area contributed by atoms with Crippen molar-refractivity contribution in [1.29, 1.82) is 0 Å². The number of likely N-dealkylation sites (N-methyl/N-ethyl adjacent to an activating group) is 1. The largest absolute Gasteiger partial charge is 0.313 e. The smallest absolute Gasteiger partial charge is 0.142 e. The summed E-state index contributed by atoms with van der Waals surface area (Å²) in [6.45, 7) is 0. The molecule has 1 N–H and O–H groups in total. The third-order valence-corrected chi connectivity index (χ3v) is 3.19. The molecule has 1 heterocycles. The number of hydrogen-bond donors (Lipinski definition) is 1. The Bertz CT molecular complexity index is 516. The van der Waals surface area contributed by atoms with Crippen molar-refractivity contribution >= 4 is 11.6 Å². The molecule has 1 aromatic carbocycles. The van der Waals surface area contributed by atoms with Gasteiger partial charge >= 0.3 is 0 Å². The highest BCUT2D eigenvalue weighted by molar-refractivity contribution is 6.30. The van der Waals surface area contributed by atoms with E-state index in [1.165, 1.54) is 6.07 Å². The Balaban J connectivity index is 2.20. The minimum atomic E-state index is -0.385. The quantitative estimate of drug-likeness (QED) is 0.916. The molecule has 0 aliphatic carbocycles. The Labute approximate surface area is 111 Å². The van der Waals surface area contributed by atoms with Crippen molar-refractivity contribution in [1.82, 2.24) is 10.3 Å². The average molecular weight is 265 g/mol. The van der Waals surface area contributed by atoms with Crippen molar-refractivity contribution in [3.8, 4) is 0 Å². The van der Waals surface area contributed by atoms with Gasteiger partial charge in [-0.1, -0.05) is 17.7 Å².